The van der Waals surface area contributed by atoms with Crippen molar-refractivity contribution in [2.24, 2.45) is 0 Å². The van der Waals surface area contributed by atoms with E-state index in [2.05, 4.69) is 0 Å². The van der Waals surface area contributed by atoms with Gasteiger partial charge in [0.1, 0.15) is 0 Å². The largest absolute Gasteiger partial charge is 2.00 e. The first-order valence-corrected chi connectivity index (χ1v) is 0.855. The second kappa shape index (κ2) is 65.1. The van der Waals surface area contributed by atoms with Crippen LogP contribution in [0.25, 0.3) is 0 Å². The fourth-order valence-corrected chi connectivity index (χ4v) is 0. The van der Waals surface area contributed by atoms with Gasteiger partial charge in [0.05, 0.1) is 0 Å². The Bertz CT molecular complexity index is 35.0. The third-order valence-electron chi connectivity index (χ3n) is 0. The van der Waals surface area contributed by atoms with Crippen LogP contribution in [0.4, 0.5) is 0 Å². The molecule has 0 aromatic heterocycles. The van der Waals surface area contributed by atoms with Gasteiger partial charge in [-0.1, -0.05) is 12.9 Å². The molecule has 0 bridgehead atoms. The summed E-state index contributed by atoms with van der Waals surface area (Å²) in [5.41, 5.74) is 0. The first kappa shape index (κ1) is 24.6. The summed E-state index contributed by atoms with van der Waals surface area (Å²) in [5.74, 6) is 0. The zero-order chi connectivity index (χ0) is 5.41. The number of hydrogen-bond acceptors (Lipinski definition) is 2. The van der Waals surface area contributed by atoms with Gasteiger partial charge in [0.2, 0.25) is 0 Å². The van der Waals surface area contributed by atoms with E-state index < -0.39 is 0 Å². The van der Waals surface area contributed by atoms with Crippen molar-refractivity contribution in [3.05, 3.63) is 0 Å². The van der Waals surface area contributed by atoms with Crippen molar-refractivity contribution in [2.45, 2.75) is 0 Å². The van der Waals surface area contributed by atoms with E-state index in [0.717, 1.165) is 0 Å². The van der Waals surface area contributed by atoms with E-state index in [1.807, 2.05) is 0 Å². The minimum absolute atomic E-state index is 0. The molecule has 0 aliphatic rings. The molecule has 2 N–H and O–H groups in total. The number of hydrogen-bond donors (Lipinski definition) is 2. The maximum Gasteiger partial charge on any atom is 2.00 e. The third-order valence-corrected chi connectivity index (χ3v) is 0. The van der Waals surface area contributed by atoms with Crippen LogP contribution in [0.3, 0.4) is 0 Å². The molecule has 0 heterocycles. The van der Waals surface area contributed by atoms with Crippen LogP contribution in [0.2, 0.25) is 0 Å². The minimum atomic E-state index is 0. The van der Waals surface area contributed by atoms with Crippen LogP contribution in [0, 0.1) is 0 Å². The molecule has 0 aliphatic carbocycles. The van der Waals surface area contributed by atoms with E-state index >= 15 is 0 Å². The summed E-state index contributed by atoms with van der Waals surface area (Å²) in [6.07, 6.45) is 0. The molecule has 0 aliphatic heterocycles. The van der Waals surface area contributed by atoms with Gasteiger partial charge in [-0.3, -0.25) is 0 Å². The summed E-state index contributed by atoms with van der Waals surface area (Å²) in [7, 11) is 0. The molecule has 6 heteroatoms. The summed E-state index contributed by atoms with van der Waals surface area (Å²) in [4.78, 5) is 16.5. The van der Waals surface area contributed by atoms with E-state index in [1.165, 1.54) is 0 Å². The van der Waals surface area contributed by atoms with Crippen LogP contribution in [-0.4, -0.2) is 23.2 Å². The molecule has 8 heavy (non-hydrogen) atoms. The molecular formula is C2H2CoNiO4. The zero-order valence-electron chi connectivity index (χ0n) is 3.36. The Labute approximate surface area is 66.4 Å². The van der Waals surface area contributed by atoms with Crippen LogP contribution >= 0.6 is 0 Å². The molecule has 1 radical (unpaired) electrons. The van der Waals surface area contributed by atoms with Gasteiger partial charge in [-0.2, -0.15) is 0 Å². The SMILES string of the molecule is O=[C-]O.O=[C-]O.[Co].[Ni+2]. The van der Waals surface area contributed by atoms with E-state index in [9.17, 15) is 0 Å². The molecule has 0 amide bonds. The first-order chi connectivity index (χ1) is 2.83. The smallest absolute Gasteiger partial charge is 0.665 e. The van der Waals surface area contributed by atoms with Crippen LogP contribution < -0.4 is 0 Å². The summed E-state index contributed by atoms with van der Waals surface area (Å²) in [6, 6.07) is 0. The third kappa shape index (κ3) is 40300. The molecule has 0 rings (SSSR count). The van der Waals surface area contributed by atoms with Gasteiger partial charge < -0.3 is 19.8 Å². The molecule has 0 unspecified atom stereocenters. The molecular weight excluding hydrogens is 206 g/mol. The average Bonchev–Trinajstić information content (AvgIpc) is 1.39. The van der Waals surface area contributed by atoms with E-state index in [-0.39, 0.29) is 33.3 Å². The van der Waals surface area contributed by atoms with Crippen molar-refractivity contribution in [1.29, 1.82) is 0 Å². The van der Waals surface area contributed by atoms with Gasteiger partial charge in [0, 0.05) is 16.8 Å². The molecule has 4 nitrogen and oxygen atoms in total. The Balaban J connectivity index is -0.0000000160. The standard InChI is InChI=1S/2CHO2.Co.Ni/c2*2-1-3;;/h2*(H,2,3);;/q2*-1;;+2. The van der Waals surface area contributed by atoms with Crippen LogP contribution in [-0.2, 0) is 42.9 Å². The quantitative estimate of drug-likeness (QED) is 0.404. The fourth-order valence-electron chi connectivity index (χ4n) is 0. The maximum atomic E-state index is 8.24. The molecule has 0 saturated carbocycles. The summed E-state index contributed by atoms with van der Waals surface area (Å²) in [6.45, 7) is 1.00. The van der Waals surface area contributed by atoms with E-state index in [0.29, 0.717) is 12.9 Å². The minimum Gasteiger partial charge on any atom is -0.665 e. The van der Waals surface area contributed by atoms with Gasteiger partial charge in [0.15, 0.2) is 0 Å². The number of aliphatic hydroxyl groups excluding tert-OH is 2. The van der Waals surface area contributed by atoms with Gasteiger partial charge in [-0.25, -0.2) is 0 Å². The molecule has 0 atom stereocenters. The second-order valence-corrected chi connectivity index (χ2v) is 0.183. The van der Waals surface area contributed by atoms with Crippen molar-refractivity contribution >= 4 is 12.9 Å². The molecule has 0 saturated heterocycles. The van der Waals surface area contributed by atoms with Crippen molar-refractivity contribution in [3.8, 4) is 0 Å². The molecule has 0 aromatic carbocycles. The van der Waals surface area contributed by atoms with Crippen molar-refractivity contribution < 1.29 is 53.1 Å². The Kier molecular flexibility index (Phi) is 200. The predicted molar refractivity (Wildman–Crippen MR) is 16.6 cm³/mol. The van der Waals surface area contributed by atoms with Crippen molar-refractivity contribution in [1.82, 2.24) is 0 Å². The monoisotopic (exact) mass is 207 g/mol. The Hall–Kier alpha value is -0.0600. The first-order valence-electron chi connectivity index (χ1n) is 0.855. The molecule has 0 spiro atoms. The Morgan fingerprint density at radius 3 is 1.00 bits per heavy atom. The van der Waals surface area contributed by atoms with Gasteiger partial charge in [-0.15, -0.1) is 0 Å². The molecule has 0 fully saturated rings. The Morgan fingerprint density at radius 1 is 1.00 bits per heavy atom. The second-order valence-electron chi connectivity index (χ2n) is 0.183. The van der Waals surface area contributed by atoms with Crippen LogP contribution in [0.15, 0.2) is 0 Å². The molecule has 0 aromatic rings. The van der Waals surface area contributed by atoms with Gasteiger partial charge >= 0.3 is 16.5 Å². The fraction of sp³-hybridized carbons (Fsp3) is 0. The van der Waals surface area contributed by atoms with Gasteiger partial charge in [-0.05, 0) is 0 Å². The number of rotatable bonds is 0. The predicted octanol–water partition coefficient (Wildman–Crippen LogP) is -0.782. The van der Waals surface area contributed by atoms with E-state index in [4.69, 9.17) is 19.8 Å². The summed E-state index contributed by atoms with van der Waals surface area (Å²) >= 11 is 0. The summed E-state index contributed by atoms with van der Waals surface area (Å²) < 4.78 is 0. The normalized spacial score (nSPS) is 3.00. The Morgan fingerprint density at radius 2 is 1.00 bits per heavy atom. The van der Waals surface area contributed by atoms with Crippen LogP contribution in [0.1, 0.15) is 0 Å². The zero-order valence-corrected chi connectivity index (χ0v) is 5.39. The van der Waals surface area contributed by atoms with Gasteiger partial charge in [0.25, 0.3) is 0 Å². The van der Waals surface area contributed by atoms with E-state index in [1.54, 1.807) is 0 Å². The average molecular weight is 208 g/mol. The summed E-state index contributed by atoms with van der Waals surface area (Å²) in [5, 5.41) is 13.5. The van der Waals surface area contributed by atoms with Crippen molar-refractivity contribution in [3.63, 3.8) is 0 Å². The molecule has 53 valence electrons. The van der Waals surface area contributed by atoms with Crippen LogP contribution in [0.5, 0.6) is 0 Å². The maximum absolute atomic E-state index is 8.24. The van der Waals surface area contributed by atoms with Crippen molar-refractivity contribution in [2.75, 3.05) is 0 Å². The topological polar surface area (TPSA) is 74.6 Å².